The molecule has 0 spiro atoms. The number of imide groups is 1. The fourth-order valence-corrected chi connectivity index (χ4v) is 4.50. The van der Waals surface area contributed by atoms with Gasteiger partial charge < -0.3 is 10.1 Å². The second-order valence-corrected chi connectivity index (χ2v) is 7.86. The van der Waals surface area contributed by atoms with Crippen molar-refractivity contribution in [2.24, 2.45) is 11.8 Å². The Morgan fingerprint density at radius 1 is 1.04 bits per heavy atom. The van der Waals surface area contributed by atoms with E-state index in [4.69, 9.17) is 4.74 Å². The van der Waals surface area contributed by atoms with Gasteiger partial charge >= 0.3 is 5.97 Å². The van der Waals surface area contributed by atoms with Gasteiger partial charge in [-0.2, -0.15) is 0 Å². The molecule has 0 bridgehead atoms. The zero-order valence-corrected chi connectivity index (χ0v) is 16.8. The van der Waals surface area contributed by atoms with Gasteiger partial charge in [-0.3, -0.25) is 9.59 Å². The lowest BCUT2D eigenvalue weighted by Crippen LogP contribution is -2.91. The molecule has 0 aromatic heterocycles. The maximum absolute atomic E-state index is 13.3. The molecule has 0 aliphatic carbocycles. The lowest BCUT2D eigenvalue weighted by molar-refractivity contribution is -0.700. The molecule has 2 aromatic carbocycles. The van der Waals surface area contributed by atoms with E-state index in [0.29, 0.717) is 5.69 Å². The van der Waals surface area contributed by atoms with Crippen LogP contribution in [0.1, 0.15) is 18.5 Å². The fraction of sp³-hybridized carbons (Fsp3) is 0.286. The van der Waals surface area contributed by atoms with Crippen molar-refractivity contribution in [3.8, 4) is 0 Å². The van der Waals surface area contributed by atoms with Crippen molar-refractivity contribution < 1.29 is 24.4 Å². The Hall–Kier alpha value is -2.51. The maximum Gasteiger partial charge on any atom is 0.365 e. The lowest BCUT2D eigenvalue weighted by Gasteiger charge is -2.20. The molecule has 0 radical (unpaired) electrons. The van der Waals surface area contributed by atoms with E-state index in [1.54, 1.807) is 31.2 Å². The van der Waals surface area contributed by atoms with Crippen LogP contribution in [0.5, 0.6) is 0 Å². The number of nitrogens with zero attached hydrogens (tertiary/aromatic N) is 1. The summed E-state index contributed by atoms with van der Waals surface area (Å²) >= 11 is 3.36. The van der Waals surface area contributed by atoms with Crippen LogP contribution in [-0.4, -0.2) is 30.4 Å². The summed E-state index contributed by atoms with van der Waals surface area (Å²) < 4.78 is 6.06. The van der Waals surface area contributed by atoms with Crippen LogP contribution in [-0.2, 0) is 19.1 Å². The first-order valence-corrected chi connectivity index (χ1v) is 10.0. The molecular formula is C21H20BrN2O4+. The predicted octanol–water partition coefficient (Wildman–Crippen LogP) is 1.80. The van der Waals surface area contributed by atoms with Crippen LogP contribution in [0.2, 0.25) is 0 Å². The van der Waals surface area contributed by atoms with Crippen LogP contribution in [0.25, 0.3) is 0 Å². The van der Waals surface area contributed by atoms with Crippen LogP contribution in [0, 0.1) is 11.8 Å². The summed E-state index contributed by atoms with van der Waals surface area (Å²) in [7, 11) is 0. The minimum Gasteiger partial charge on any atom is -0.462 e. The highest BCUT2D eigenvalue weighted by Crippen LogP contribution is 2.42. The second kappa shape index (κ2) is 7.48. The van der Waals surface area contributed by atoms with Crippen molar-refractivity contribution in [3.05, 3.63) is 64.6 Å². The maximum atomic E-state index is 13.3. The third-order valence-corrected chi connectivity index (χ3v) is 5.94. The van der Waals surface area contributed by atoms with Gasteiger partial charge in [-0.05, 0) is 31.2 Å². The summed E-state index contributed by atoms with van der Waals surface area (Å²) in [5.41, 5.74) is 1.44. The molecule has 0 unspecified atom stereocenters. The standard InChI is InChI=1S/C21H19BrN2O4/c1-2-28-21(27)18-16-15(17(23-18)12-6-4-3-5-7-12)19(25)24(20(16)26)14-10-8-13(22)9-11-14/h3-11,15-18,23H,2H2,1H3/p+1/t15-,16+,17-,18-/m1/s1. The first-order chi connectivity index (χ1) is 13.5. The molecule has 2 amide bonds. The number of benzene rings is 2. The fourth-order valence-electron chi connectivity index (χ4n) is 4.23. The quantitative estimate of drug-likeness (QED) is 0.576. The smallest absolute Gasteiger partial charge is 0.365 e. The number of ether oxygens (including phenoxy) is 1. The molecule has 2 aromatic rings. The predicted molar refractivity (Wildman–Crippen MR) is 105 cm³/mol. The zero-order chi connectivity index (χ0) is 19.8. The first kappa shape index (κ1) is 18.8. The van der Waals surface area contributed by atoms with E-state index in [0.717, 1.165) is 10.0 Å². The van der Waals surface area contributed by atoms with Crippen molar-refractivity contribution in [2.75, 3.05) is 11.5 Å². The Balaban J connectivity index is 1.75. The minimum atomic E-state index is -0.736. The number of rotatable bonds is 4. The van der Waals surface area contributed by atoms with E-state index in [1.165, 1.54) is 4.90 Å². The summed E-state index contributed by atoms with van der Waals surface area (Å²) in [6.07, 6.45) is 0. The highest BCUT2D eigenvalue weighted by atomic mass is 79.9. The van der Waals surface area contributed by atoms with E-state index in [1.807, 2.05) is 35.6 Å². The summed E-state index contributed by atoms with van der Waals surface area (Å²) in [4.78, 5) is 40.3. The van der Waals surface area contributed by atoms with E-state index in [9.17, 15) is 14.4 Å². The number of fused-ring (bicyclic) bond motifs is 1. The van der Waals surface area contributed by atoms with Gasteiger partial charge in [0.25, 0.3) is 0 Å². The average Bonchev–Trinajstić information content (AvgIpc) is 3.21. The lowest BCUT2D eigenvalue weighted by atomic mass is 9.86. The topological polar surface area (TPSA) is 80.3 Å². The molecule has 2 saturated heterocycles. The van der Waals surface area contributed by atoms with Gasteiger partial charge in [0.2, 0.25) is 11.8 Å². The van der Waals surface area contributed by atoms with Crippen LogP contribution >= 0.6 is 15.9 Å². The average molecular weight is 444 g/mol. The number of anilines is 1. The van der Waals surface area contributed by atoms with Crippen molar-refractivity contribution >= 4 is 39.4 Å². The van der Waals surface area contributed by atoms with Crippen LogP contribution in [0.15, 0.2) is 59.1 Å². The summed E-state index contributed by atoms with van der Waals surface area (Å²) in [5.74, 6) is -2.40. The number of nitrogens with two attached hydrogens (primary N) is 1. The summed E-state index contributed by atoms with van der Waals surface area (Å²) in [5, 5.41) is 1.82. The van der Waals surface area contributed by atoms with Crippen molar-refractivity contribution in [2.45, 2.75) is 19.0 Å². The molecule has 144 valence electrons. The van der Waals surface area contributed by atoms with Gasteiger partial charge in [-0.15, -0.1) is 0 Å². The van der Waals surface area contributed by atoms with Crippen molar-refractivity contribution in [3.63, 3.8) is 0 Å². The van der Waals surface area contributed by atoms with E-state index >= 15 is 0 Å². The molecule has 7 heteroatoms. The molecule has 2 aliphatic heterocycles. The van der Waals surface area contributed by atoms with Gasteiger partial charge in [-0.25, -0.2) is 9.69 Å². The number of halogens is 1. The second-order valence-electron chi connectivity index (χ2n) is 6.95. The third kappa shape index (κ3) is 3.04. The number of carbonyl (C=O) groups excluding carboxylic acids is 3. The number of hydrogen-bond acceptors (Lipinski definition) is 4. The molecule has 2 aliphatic rings. The zero-order valence-electron chi connectivity index (χ0n) is 15.2. The monoisotopic (exact) mass is 443 g/mol. The Bertz CT molecular complexity index is 916. The van der Waals surface area contributed by atoms with Gasteiger partial charge in [0.1, 0.15) is 17.9 Å². The van der Waals surface area contributed by atoms with Crippen LogP contribution in [0.3, 0.4) is 0 Å². The number of amides is 2. The van der Waals surface area contributed by atoms with Crippen molar-refractivity contribution in [1.82, 2.24) is 0 Å². The van der Waals surface area contributed by atoms with Crippen molar-refractivity contribution in [1.29, 1.82) is 0 Å². The Labute approximate surface area is 171 Å². The third-order valence-electron chi connectivity index (χ3n) is 5.41. The molecule has 6 nitrogen and oxygen atoms in total. The molecule has 2 heterocycles. The Morgan fingerprint density at radius 2 is 1.68 bits per heavy atom. The molecule has 2 N–H and O–H groups in total. The Kier molecular flexibility index (Phi) is 5.03. The number of carbonyl (C=O) groups is 3. The minimum absolute atomic E-state index is 0.231. The molecule has 4 atom stereocenters. The van der Waals surface area contributed by atoms with Gasteiger partial charge in [0.05, 0.1) is 12.3 Å². The summed E-state index contributed by atoms with van der Waals surface area (Å²) in [6.45, 7) is 1.96. The SMILES string of the molecule is CCOC(=O)[C@@H]1[NH2+][C@H](c2ccccc2)[C@@H]2C(=O)N(c3ccc(Br)cc3)C(=O)[C@@H]21. The summed E-state index contributed by atoms with van der Waals surface area (Å²) in [6, 6.07) is 15.5. The van der Waals surface area contributed by atoms with Gasteiger partial charge in [-0.1, -0.05) is 46.3 Å². The largest absolute Gasteiger partial charge is 0.462 e. The van der Waals surface area contributed by atoms with E-state index in [2.05, 4.69) is 15.9 Å². The van der Waals surface area contributed by atoms with E-state index in [-0.39, 0.29) is 24.5 Å². The first-order valence-electron chi connectivity index (χ1n) is 9.23. The number of quaternary nitrogens is 1. The number of esters is 1. The number of hydrogen-bond donors (Lipinski definition) is 1. The molecule has 4 rings (SSSR count). The van der Waals surface area contributed by atoms with E-state index < -0.39 is 23.8 Å². The molecule has 2 fully saturated rings. The Morgan fingerprint density at radius 3 is 2.32 bits per heavy atom. The highest BCUT2D eigenvalue weighted by Gasteiger charge is 2.64. The molecular weight excluding hydrogens is 424 g/mol. The molecule has 28 heavy (non-hydrogen) atoms. The highest BCUT2D eigenvalue weighted by molar-refractivity contribution is 9.10. The van der Waals surface area contributed by atoms with Gasteiger partial charge in [0, 0.05) is 10.0 Å². The van der Waals surface area contributed by atoms with Gasteiger partial charge in [0.15, 0.2) is 6.04 Å². The normalized spacial score (nSPS) is 26.4. The molecule has 0 saturated carbocycles. The van der Waals surface area contributed by atoms with Crippen LogP contribution < -0.4 is 10.2 Å². The van der Waals surface area contributed by atoms with Crippen LogP contribution in [0.4, 0.5) is 5.69 Å².